The SMILES string of the molecule is CCCC(C)CCC(CC)C[N+](=O)[O-]. The van der Waals surface area contributed by atoms with Gasteiger partial charge in [0.25, 0.3) is 0 Å². The van der Waals surface area contributed by atoms with Crippen molar-refractivity contribution in [3.63, 3.8) is 0 Å². The van der Waals surface area contributed by atoms with E-state index in [1.165, 1.54) is 12.8 Å². The van der Waals surface area contributed by atoms with E-state index in [4.69, 9.17) is 0 Å². The Bertz CT molecular complexity index is 159. The van der Waals surface area contributed by atoms with Crippen molar-refractivity contribution in [2.24, 2.45) is 11.8 Å². The largest absolute Gasteiger partial charge is 0.265 e. The Balaban J connectivity index is 3.66. The third-order valence-corrected chi connectivity index (χ3v) is 2.83. The standard InChI is InChI=1S/C11H23NO2/c1-4-6-10(3)7-8-11(5-2)9-12(13)14/h10-11H,4-9H2,1-3H3. The molecule has 0 heterocycles. The molecule has 0 saturated heterocycles. The highest BCUT2D eigenvalue weighted by Gasteiger charge is 2.14. The normalized spacial score (nSPS) is 15.1. The van der Waals surface area contributed by atoms with Crippen molar-refractivity contribution in [3.05, 3.63) is 10.1 Å². The van der Waals surface area contributed by atoms with Gasteiger partial charge in [0, 0.05) is 10.8 Å². The zero-order valence-electron chi connectivity index (χ0n) is 9.66. The van der Waals surface area contributed by atoms with E-state index in [0.29, 0.717) is 0 Å². The molecule has 0 fully saturated rings. The summed E-state index contributed by atoms with van der Waals surface area (Å²) in [6, 6.07) is 0. The molecule has 0 aliphatic carbocycles. The van der Waals surface area contributed by atoms with Crippen molar-refractivity contribution >= 4 is 0 Å². The Morgan fingerprint density at radius 2 is 1.86 bits per heavy atom. The molecule has 84 valence electrons. The van der Waals surface area contributed by atoms with Gasteiger partial charge in [-0.15, -0.1) is 0 Å². The van der Waals surface area contributed by atoms with Crippen molar-refractivity contribution in [1.29, 1.82) is 0 Å². The number of rotatable bonds is 8. The third kappa shape index (κ3) is 6.87. The lowest BCUT2D eigenvalue weighted by Crippen LogP contribution is -2.14. The number of hydrogen-bond acceptors (Lipinski definition) is 2. The van der Waals surface area contributed by atoms with E-state index in [-0.39, 0.29) is 17.4 Å². The van der Waals surface area contributed by atoms with Crippen LogP contribution in [0.2, 0.25) is 0 Å². The highest BCUT2D eigenvalue weighted by Crippen LogP contribution is 2.18. The summed E-state index contributed by atoms with van der Waals surface area (Å²) >= 11 is 0. The second-order valence-electron chi connectivity index (χ2n) is 4.26. The monoisotopic (exact) mass is 201 g/mol. The lowest BCUT2D eigenvalue weighted by molar-refractivity contribution is -0.488. The topological polar surface area (TPSA) is 43.1 Å². The molecule has 3 nitrogen and oxygen atoms in total. The van der Waals surface area contributed by atoms with Crippen LogP contribution in [0, 0.1) is 22.0 Å². The minimum Gasteiger partial charge on any atom is -0.265 e. The summed E-state index contributed by atoms with van der Waals surface area (Å²) in [6.45, 7) is 6.61. The van der Waals surface area contributed by atoms with Crippen LogP contribution in [0.25, 0.3) is 0 Å². The van der Waals surface area contributed by atoms with E-state index in [1.54, 1.807) is 0 Å². The van der Waals surface area contributed by atoms with Gasteiger partial charge in [0.15, 0.2) is 0 Å². The van der Waals surface area contributed by atoms with E-state index < -0.39 is 0 Å². The maximum atomic E-state index is 10.3. The fourth-order valence-corrected chi connectivity index (χ4v) is 1.79. The molecular formula is C11H23NO2. The van der Waals surface area contributed by atoms with E-state index in [2.05, 4.69) is 13.8 Å². The summed E-state index contributed by atoms with van der Waals surface area (Å²) in [6.07, 6.45) is 5.54. The van der Waals surface area contributed by atoms with Gasteiger partial charge in [0.05, 0.1) is 0 Å². The molecule has 3 heteroatoms. The van der Waals surface area contributed by atoms with Crippen LogP contribution in [0.15, 0.2) is 0 Å². The average Bonchev–Trinajstić information content (AvgIpc) is 2.12. The molecule has 0 radical (unpaired) electrons. The molecule has 0 saturated carbocycles. The van der Waals surface area contributed by atoms with Crippen molar-refractivity contribution in [3.8, 4) is 0 Å². The first-order valence-electron chi connectivity index (χ1n) is 5.71. The Kier molecular flexibility index (Phi) is 7.44. The van der Waals surface area contributed by atoms with Crippen molar-refractivity contribution < 1.29 is 4.92 Å². The molecule has 0 N–H and O–H groups in total. The second-order valence-corrected chi connectivity index (χ2v) is 4.26. The van der Waals surface area contributed by atoms with Crippen LogP contribution in [0.5, 0.6) is 0 Å². The van der Waals surface area contributed by atoms with Crippen molar-refractivity contribution in [2.45, 2.75) is 52.9 Å². The molecule has 0 rings (SSSR count). The molecule has 2 unspecified atom stereocenters. The Morgan fingerprint density at radius 1 is 1.21 bits per heavy atom. The molecule has 0 amide bonds. The Morgan fingerprint density at radius 3 is 2.29 bits per heavy atom. The van der Waals surface area contributed by atoms with Crippen LogP contribution in [0.4, 0.5) is 0 Å². The van der Waals surface area contributed by atoms with Crippen LogP contribution in [0.1, 0.15) is 52.9 Å². The summed E-state index contributed by atoms with van der Waals surface area (Å²) in [7, 11) is 0. The first-order valence-corrected chi connectivity index (χ1v) is 5.71. The van der Waals surface area contributed by atoms with Gasteiger partial charge < -0.3 is 0 Å². The van der Waals surface area contributed by atoms with Gasteiger partial charge in [-0.1, -0.05) is 40.0 Å². The fourth-order valence-electron chi connectivity index (χ4n) is 1.79. The first kappa shape index (κ1) is 13.4. The molecule has 0 aliphatic rings. The van der Waals surface area contributed by atoms with Crippen LogP contribution in [0.3, 0.4) is 0 Å². The highest BCUT2D eigenvalue weighted by molar-refractivity contribution is 4.59. The molecule has 0 aromatic heterocycles. The molecule has 14 heavy (non-hydrogen) atoms. The summed E-state index contributed by atoms with van der Waals surface area (Å²) in [5.41, 5.74) is 0. The van der Waals surface area contributed by atoms with Gasteiger partial charge in [0.1, 0.15) is 0 Å². The van der Waals surface area contributed by atoms with E-state index in [0.717, 1.165) is 25.2 Å². The summed E-state index contributed by atoms with van der Waals surface area (Å²) in [4.78, 5) is 10.2. The molecule has 0 aromatic rings. The minimum atomic E-state index is -0.182. The molecule has 2 atom stereocenters. The van der Waals surface area contributed by atoms with Gasteiger partial charge in [0.2, 0.25) is 6.54 Å². The quantitative estimate of drug-likeness (QED) is 0.445. The molecular weight excluding hydrogens is 178 g/mol. The molecule has 0 spiro atoms. The van der Waals surface area contributed by atoms with Gasteiger partial charge in [-0.25, -0.2) is 0 Å². The zero-order chi connectivity index (χ0) is 11.0. The summed E-state index contributed by atoms with van der Waals surface area (Å²) in [5, 5.41) is 10.3. The zero-order valence-corrected chi connectivity index (χ0v) is 9.66. The Labute approximate surface area is 87.0 Å². The van der Waals surface area contributed by atoms with Crippen LogP contribution >= 0.6 is 0 Å². The van der Waals surface area contributed by atoms with Crippen molar-refractivity contribution in [1.82, 2.24) is 0 Å². The number of hydrogen-bond donors (Lipinski definition) is 0. The van der Waals surface area contributed by atoms with Gasteiger partial charge in [-0.3, -0.25) is 10.1 Å². The number of nitrogens with zero attached hydrogens (tertiary/aromatic N) is 1. The summed E-state index contributed by atoms with van der Waals surface area (Å²) in [5.74, 6) is 1.00. The van der Waals surface area contributed by atoms with Crippen LogP contribution in [-0.4, -0.2) is 11.5 Å². The molecule has 0 bridgehead atoms. The van der Waals surface area contributed by atoms with Crippen LogP contribution < -0.4 is 0 Å². The van der Waals surface area contributed by atoms with Gasteiger partial charge >= 0.3 is 0 Å². The lowest BCUT2D eigenvalue weighted by atomic mass is 9.93. The van der Waals surface area contributed by atoms with Crippen molar-refractivity contribution in [2.75, 3.05) is 6.54 Å². The summed E-state index contributed by atoms with van der Waals surface area (Å²) < 4.78 is 0. The predicted molar refractivity (Wildman–Crippen MR) is 58.9 cm³/mol. The van der Waals surface area contributed by atoms with Crippen LogP contribution in [-0.2, 0) is 0 Å². The second kappa shape index (κ2) is 7.77. The fraction of sp³-hybridized carbons (Fsp3) is 1.00. The average molecular weight is 201 g/mol. The molecule has 0 aliphatic heterocycles. The lowest BCUT2D eigenvalue weighted by Gasteiger charge is -2.13. The predicted octanol–water partition coefficient (Wildman–Crippen LogP) is 3.51. The van der Waals surface area contributed by atoms with E-state index in [9.17, 15) is 10.1 Å². The van der Waals surface area contributed by atoms with E-state index in [1.807, 2.05) is 6.92 Å². The maximum Gasteiger partial charge on any atom is 0.206 e. The first-order chi connectivity index (χ1) is 6.60. The van der Waals surface area contributed by atoms with E-state index >= 15 is 0 Å². The smallest absolute Gasteiger partial charge is 0.206 e. The maximum absolute atomic E-state index is 10.3. The Hall–Kier alpha value is -0.600. The number of nitro groups is 1. The highest BCUT2D eigenvalue weighted by atomic mass is 16.6. The van der Waals surface area contributed by atoms with Gasteiger partial charge in [-0.2, -0.15) is 0 Å². The minimum absolute atomic E-state index is 0.148. The third-order valence-electron chi connectivity index (χ3n) is 2.83. The molecule has 0 aromatic carbocycles. The van der Waals surface area contributed by atoms with Gasteiger partial charge in [-0.05, 0) is 18.8 Å².